The van der Waals surface area contributed by atoms with Gasteiger partial charge in [-0.25, -0.2) is 0 Å². The molecule has 0 aliphatic heterocycles. The number of rotatable bonds is 43. The number of nitrogens with zero attached hydrogens (tertiary/aromatic N) is 1. The molecule has 0 unspecified atom stereocenters. The number of nitro groups is 1. The molecular formula is C69H85N5O25. The van der Waals surface area contributed by atoms with Crippen molar-refractivity contribution in [3.05, 3.63) is 105 Å². The number of anilines is 4. The first kappa shape index (κ1) is 78.6. The highest BCUT2D eigenvalue weighted by Gasteiger charge is 2.29. The van der Waals surface area contributed by atoms with E-state index in [2.05, 4.69) is 21.3 Å². The summed E-state index contributed by atoms with van der Waals surface area (Å²) in [7, 11) is 5.15. The fourth-order valence-corrected chi connectivity index (χ4v) is 9.31. The Morgan fingerprint density at radius 3 is 0.949 bits per heavy atom. The number of ether oxygens (including phenoxy) is 14. The molecule has 536 valence electrons. The molecule has 0 saturated carbocycles. The topological polar surface area (TPSA) is 374 Å². The highest BCUT2D eigenvalue weighted by molar-refractivity contribution is 6.14. The number of hydrogen-bond acceptors (Lipinski definition) is 25. The SMILES string of the molecule is CCOC(=O)CCCOc1ccc(C)cc1NC(=O)c1cc(NC(=O)c2cc(NC(=O)c3cc(NC(=O)c4cc([N+](=O)[O-])c(OCCCC(=O)OCC)cc4OCCCC(=O)OCC)c(OC)cc3OC)c(OCCCC(=O)OCC)cc2OCCCC(=O)OCC)c(OC)cc1OC. The lowest BCUT2D eigenvalue weighted by atomic mass is 10.1. The Bertz CT molecular complexity index is 3650. The zero-order valence-corrected chi connectivity index (χ0v) is 57.1. The van der Waals surface area contributed by atoms with Gasteiger partial charge in [-0.3, -0.25) is 53.3 Å². The second-order valence-corrected chi connectivity index (χ2v) is 21.0. The smallest absolute Gasteiger partial charge is 0.312 e. The van der Waals surface area contributed by atoms with E-state index in [9.17, 15) is 48.5 Å². The van der Waals surface area contributed by atoms with Crippen LogP contribution in [0.3, 0.4) is 0 Å². The number of carbonyl (C=O) groups is 9. The van der Waals surface area contributed by atoms with Crippen molar-refractivity contribution >= 4 is 81.9 Å². The minimum absolute atomic E-state index is 0.0258. The minimum Gasteiger partial charge on any atom is -0.496 e. The molecule has 30 nitrogen and oxygen atoms in total. The van der Waals surface area contributed by atoms with Crippen LogP contribution < -0.4 is 63.9 Å². The molecule has 4 N–H and O–H groups in total. The zero-order valence-electron chi connectivity index (χ0n) is 57.1. The van der Waals surface area contributed by atoms with Crippen molar-refractivity contribution in [1.29, 1.82) is 0 Å². The Balaban J connectivity index is 1.60. The molecule has 5 rings (SSSR count). The fraction of sp³-hybridized carbons (Fsp3) is 0.435. The van der Waals surface area contributed by atoms with Crippen LogP contribution in [-0.4, -0.2) is 153 Å². The van der Waals surface area contributed by atoms with Gasteiger partial charge in [-0.1, -0.05) is 6.07 Å². The van der Waals surface area contributed by atoms with Gasteiger partial charge in [0.15, 0.2) is 0 Å². The molecule has 0 aliphatic carbocycles. The van der Waals surface area contributed by atoms with Crippen molar-refractivity contribution in [2.75, 3.05) is 116 Å². The van der Waals surface area contributed by atoms with E-state index in [4.69, 9.17) is 66.3 Å². The second kappa shape index (κ2) is 41.1. The largest absolute Gasteiger partial charge is 0.496 e. The number of nitro benzene ring substituents is 1. The molecule has 5 aromatic rings. The molecular weight excluding hydrogens is 1300 g/mol. The average molecular weight is 1380 g/mol. The van der Waals surface area contributed by atoms with Crippen LogP contribution in [0.2, 0.25) is 0 Å². The molecule has 99 heavy (non-hydrogen) atoms. The van der Waals surface area contributed by atoms with Crippen molar-refractivity contribution < 1.29 is 114 Å². The Labute approximate surface area is 572 Å². The van der Waals surface area contributed by atoms with E-state index < -0.39 is 63.7 Å². The van der Waals surface area contributed by atoms with Crippen molar-refractivity contribution in [3.8, 4) is 51.7 Å². The van der Waals surface area contributed by atoms with Gasteiger partial charge in [0.2, 0.25) is 5.75 Å². The van der Waals surface area contributed by atoms with Gasteiger partial charge in [0, 0.05) is 62.4 Å². The summed E-state index contributed by atoms with van der Waals surface area (Å²) >= 11 is 0. The highest BCUT2D eigenvalue weighted by Crippen LogP contribution is 2.41. The highest BCUT2D eigenvalue weighted by atomic mass is 16.6. The van der Waals surface area contributed by atoms with Crippen LogP contribution >= 0.6 is 0 Å². The van der Waals surface area contributed by atoms with E-state index in [0.29, 0.717) is 12.2 Å². The summed E-state index contributed by atoms with van der Waals surface area (Å²) in [5.74, 6) is -6.60. The molecule has 0 aromatic heterocycles. The molecule has 0 heterocycles. The minimum atomic E-state index is -1.01. The Hall–Kier alpha value is -11.1. The number of benzene rings is 5. The Morgan fingerprint density at radius 2 is 0.616 bits per heavy atom. The third-order valence-electron chi connectivity index (χ3n) is 13.9. The third kappa shape index (κ3) is 24.5. The molecule has 0 saturated heterocycles. The van der Waals surface area contributed by atoms with E-state index in [1.807, 2.05) is 6.92 Å². The van der Waals surface area contributed by atoms with Crippen LogP contribution in [0.5, 0.6) is 51.7 Å². The molecule has 4 amide bonds. The van der Waals surface area contributed by atoms with Crippen LogP contribution in [0, 0.1) is 17.0 Å². The molecule has 0 radical (unpaired) electrons. The number of amides is 4. The van der Waals surface area contributed by atoms with Crippen LogP contribution in [0.1, 0.15) is 146 Å². The Kier molecular flexibility index (Phi) is 32.7. The number of esters is 5. The first-order valence-electron chi connectivity index (χ1n) is 32.0. The van der Waals surface area contributed by atoms with E-state index in [1.165, 1.54) is 64.8 Å². The number of hydrogen-bond donors (Lipinski definition) is 4. The molecule has 0 aliphatic rings. The van der Waals surface area contributed by atoms with Gasteiger partial charge in [0.1, 0.15) is 46.0 Å². The quantitative estimate of drug-likeness (QED) is 0.00926. The van der Waals surface area contributed by atoms with Gasteiger partial charge in [-0.05, 0) is 110 Å². The molecule has 0 fully saturated rings. The number of carbonyl (C=O) groups excluding carboxylic acids is 9. The summed E-state index contributed by atoms with van der Waals surface area (Å²) in [5, 5.41) is 23.6. The van der Waals surface area contributed by atoms with E-state index >= 15 is 4.79 Å². The lowest BCUT2D eigenvalue weighted by Gasteiger charge is -2.20. The summed E-state index contributed by atoms with van der Waals surface area (Å²) in [6.45, 7) is 10.3. The summed E-state index contributed by atoms with van der Waals surface area (Å²) in [6, 6.07) is 14.8. The van der Waals surface area contributed by atoms with Gasteiger partial charge in [0.25, 0.3) is 23.6 Å². The predicted octanol–water partition coefficient (Wildman–Crippen LogP) is 10.6. The Morgan fingerprint density at radius 1 is 0.343 bits per heavy atom. The predicted molar refractivity (Wildman–Crippen MR) is 358 cm³/mol. The van der Waals surface area contributed by atoms with Crippen LogP contribution in [0.15, 0.2) is 66.7 Å². The fourth-order valence-electron chi connectivity index (χ4n) is 9.31. The standard InChI is InChI=1S/C69H85N5O25/c1-11-90-61(75)21-16-28-95-52-27-26-42(6)33-47(52)70-66(80)43-34-48(57(88-9)38-53(43)86-7)71-68(82)45-36-50(59(98-31-19-24-64(78)93-14-4)40-55(45)96-29-17-22-62(76)91-12-2)73-67(81)44-35-49(58(89-10)39-54(44)87-8)72-69(83)46-37-51(74(84)85)60(99-32-20-25-65(79)94-15-5)41-56(46)97-30-18-23-63(77)92-13-3/h26-27,33-41H,11-25,28-32H2,1-10H3,(H,70,80)(H,71,82)(H,72,83)(H,73,81). The van der Waals surface area contributed by atoms with Crippen LogP contribution in [0.4, 0.5) is 28.4 Å². The van der Waals surface area contributed by atoms with E-state index in [0.717, 1.165) is 17.7 Å². The molecule has 30 heteroatoms. The molecule has 0 spiro atoms. The summed E-state index contributed by atoms with van der Waals surface area (Å²) in [4.78, 5) is 132. The van der Waals surface area contributed by atoms with Gasteiger partial charge in [-0.2, -0.15) is 0 Å². The summed E-state index contributed by atoms with van der Waals surface area (Å²) < 4.78 is 78.0. The van der Waals surface area contributed by atoms with Crippen molar-refractivity contribution in [3.63, 3.8) is 0 Å². The van der Waals surface area contributed by atoms with Crippen molar-refractivity contribution in [2.24, 2.45) is 0 Å². The number of aryl methyl sites for hydroxylation is 1. The maximum Gasteiger partial charge on any atom is 0.312 e. The first-order chi connectivity index (χ1) is 47.6. The van der Waals surface area contributed by atoms with Gasteiger partial charge >= 0.3 is 35.5 Å². The lowest BCUT2D eigenvalue weighted by molar-refractivity contribution is -0.385. The monoisotopic (exact) mass is 1380 g/mol. The lowest BCUT2D eigenvalue weighted by Crippen LogP contribution is -2.20. The zero-order chi connectivity index (χ0) is 72.4. The normalized spacial score (nSPS) is 10.6. The number of methoxy groups -OCH3 is 4. The summed E-state index contributed by atoms with van der Waals surface area (Å²) in [6.07, 6.45) is 0.621. The molecule has 0 bridgehead atoms. The van der Waals surface area contributed by atoms with Gasteiger partial charge < -0.3 is 87.6 Å². The van der Waals surface area contributed by atoms with Crippen molar-refractivity contribution in [1.82, 2.24) is 0 Å². The first-order valence-corrected chi connectivity index (χ1v) is 32.0. The van der Waals surface area contributed by atoms with Crippen LogP contribution in [0.25, 0.3) is 0 Å². The van der Waals surface area contributed by atoms with Crippen LogP contribution in [-0.2, 0) is 47.7 Å². The molecule has 5 aromatic carbocycles. The summed E-state index contributed by atoms with van der Waals surface area (Å²) in [5.41, 5.74) is -1.03. The van der Waals surface area contributed by atoms with E-state index in [1.54, 1.807) is 52.8 Å². The van der Waals surface area contributed by atoms with Gasteiger partial charge in [0.05, 0.1) is 144 Å². The van der Waals surface area contributed by atoms with Crippen molar-refractivity contribution in [2.45, 2.75) is 106 Å². The maximum absolute atomic E-state index is 15.1. The third-order valence-corrected chi connectivity index (χ3v) is 13.9. The van der Waals surface area contributed by atoms with E-state index in [-0.39, 0.29) is 215 Å². The average Bonchev–Trinajstić information content (AvgIpc) is 0.802. The maximum atomic E-state index is 15.1. The second-order valence-electron chi connectivity index (χ2n) is 21.0. The van der Waals surface area contributed by atoms with Gasteiger partial charge in [-0.15, -0.1) is 0 Å². The molecule has 0 atom stereocenters. The number of nitrogens with one attached hydrogen (secondary N) is 4.